The Morgan fingerprint density at radius 1 is 1.22 bits per heavy atom. The van der Waals surface area contributed by atoms with Crippen LogP contribution in [0.4, 0.5) is 0 Å². The van der Waals surface area contributed by atoms with Gasteiger partial charge in [-0.25, -0.2) is 0 Å². The number of allylic oxidation sites excluding steroid dienone is 1. The lowest BCUT2D eigenvalue weighted by atomic mass is 9.80. The molecule has 1 atom stereocenters. The smallest absolute Gasteiger partial charge is 0.181 e. The van der Waals surface area contributed by atoms with Crippen molar-refractivity contribution in [1.29, 1.82) is 0 Å². The van der Waals surface area contributed by atoms with Crippen LogP contribution >= 0.6 is 0 Å². The number of carbonyl (C=O) groups excluding carboxylic acids is 1. The first kappa shape index (κ1) is 21.8. The summed E-state index contributed by atoms with van der Waals surface area (Å²) in [6, 6.07) is 4.92. The molecule has 0 bridgehead atoms. The summed E-state index contributed by atoms with van der Waals surface area (Å²) in [4.78, 5) is 13.6. The number of rotatable bonds is 4. The van der Waals surface area contributed by atoms with E-state index in [0.29, 0.717) is 28.2 Å². The Morgan fingerprint density at radius 2 is 1.94 bits per heavy atom. The quantitative estimate of drug-likeness (QED) is 0.648. The van der Waals surface area contributed by atoms with Crippen LogP contribution in [-0.2, 0) is 5.41 Å². The van der Waals surface area contributed by atoms with Crippen LogP contribution in [-0.4, -0.2) is 35.3 Å². The predicted octanol–water partition coefficient (Wildman–Crippen LogP) is 5.11. The Balaban J connectivity index is 1.83. The maximum Gasteiger partial charge on any atom is 0.181 e. The van der Waals surface area contributed by atoms with Crippen molar-refractivity contribution in [2.45, 2.75) is 44.6 Å². The van der Waals surface area contributed by atoms with Gasteiger partial charge >= 0.3 is 0 Å². The number of phenolic OH excluding ortho intramolecular Hbond substituents is 2. The maximum absolute atomic E-state index is 13.6. The van der Waals surface area contributed by atoms with Gasteiger partial charge in [-0.15, -0.1) is 6.58 Å². The topological polar surface area (TPSA) is 85.2 Å². The highest BCUT2D eigenvalue weighted by Gasteiger charge is 2.38. The number of ketones is 1. The zero-order chi connectivity index (χ0) is 23.4. The summed E-state index contributed by atoms with van der Waals surface area (Å²) in [5.41, 5.74) is 0.714. The van der Waals surface area contributed by atoms with Crippen LogP contribution in [0.5, 0.6) is 28.7 Å². The van der Waals surface area contributed by atoms with Gasteiger partial charge in [0.15, 0.2) is 5.78 Å². The predicted molar refractivity (Wildman–Crippen MR) is 122 cm³/mol. The van der Waals surface area contributed by atoms with E-state index in [1.54, 1.807) is 24.3 Å². The molecule has 4 rings (SSSR count). The third kappa shape index (κ3) is 3.40. The molecule has 2 aliphatic heterocycles. The van der Waals surface area contributed by atoms with Crippen LogP contribution in [0.2, 0.25) is 0 Å². The molecule has 2 aliphatic rings. The number of hydrogen-bond acceptors (Lipinski definition) is 6. The molecule has 2 aromatic rings. The van der Waals surface area contributed by atoms with Gasteiger partial charge in [-0.2, -0.15) is 0 Å². The number of aromatic hydroxyl groups is 2. The van der Waals surface area contributed by atoms with Gasteiger partial charge in [0.05, 0.1) is 18.6 Å². The Morgan fingerprint density at radius 3 is 2.59 bits per heavy atom. The minimum atomic E-state index is -0.716. The van der Waals surface area contributed by atoms with Crippen molar-refractivity contribution >= 4 is 11.9 Å². The molecule has 2 aromatic carbocycles. The van der Waals surface area contributed by atoms with Crippen molar-refractivity contribution in [3.8, 4) is 28.7 Å². The van der Waals surface area contributed by atoms with Crippen LogP contribution in [0.15, 0.2) is 36.9 Å². The van der Waals surface area contributed by atoms with Crippen molar-refractivity contribution in [1.82, 2.24) is 0 Å². The van der Waals surface area contributed by atoms with E-state index in [-0.39, 0.29) is 35.2 Å². The summed E-state index contributed by atoms with van der Waals surface area (Å²) in [7, 11) is 1.48. The molecule has 0 radical (unpaired) electrons. The first-order valence-electron chi connectivity index (χ1n) is 10.5. The summed E-state index contributed by atoms with van der Waals surface area (Å²) in [5, 5.41) is 21.5. The fraction of sp³-hybridized carbons (Fsp3) is 0.346. The lowest BCUT2D eigenvalue weighted by molar-refractivity contribution is 0.0888. The number of carbonyl (C=O) groups is 1. The molecule has 0 aromatic heterocycles. The molecule has 0 saturated carbocycles. The van der Waals surface area contributed by atoms with Gasteiger partial charge in [0.2, 0.25) is 0 Å². The van der Waals surface area contributed by atoms with Crippen molar-refractivity contribution < 1.29 is 29.2 Å². The van der Waals surface area contributed by atoms with E-state index in [1.807, 2.05) is 33.8 Å². The number of benzene rings is 2. The fourth-order valence-corrected chi connectivity index (χ4v) is 4.15. The van der Waals surface area contributed by atoms with E-state index < -0.39 is 16.9 Å². The molecule has 0 amide bonds. The molecule has 32 heavy (non-hydrogen) atoms. The SMILES string of the molecule is C=CC(C)(C)c1cc(C2COc3cc4c(c(O)c3C2=O)C=CC(C)(C)O4)c(OC)cc1O. The molecule has 2 N–H and O–H groups in total. The van der Waals surface area contributed by atoms with Gasteiger partial charge in [-0.3, -0.25) is 4.79 Å². The van der Waals surface area contributed by atoms with E-state index >= 15 is 0 Å². The highest BCUT2D eigenvalue weighted by atomic mass is 16.5. The third-order valence-electron chi connectivity index (χ3n) is 6.19. The number of ether oxygens (including phenoxy) is 3. The van der Waals surface area contributed by atoms with Crippen LogP contribution in [0.3, 0.4) is 0 Å². The van der Waals surface area contributed by atoms with E-state index in [9.17, 15) is 15.0 Å². The monoisotopic (exact) mass is 436 g/mol. The average molecular weight is 437 g/mol. The molecule has 1 unspecified atom stereocenters. The summed E-state index contributed by atoms with van der Waals surface area (Å²) < 4.78 is 17.3. The molecule has 6 nitrogen and oxygen atoms in total. The average Bonchev–Trinajstić information content (AvgIpc) is 2.73. The lowest BCUT2D eigenvalue weighted by Gasteiger charge is -2.32. The highest BCUT2D eigenvalue weighted by molar-refractivity contribution is 6.08. The molecule has 0 spiro atoms. The standard InChI is InChI=1S/C26H28O6/c1-7-25(2,3)17-10-15(19(30-6)11-18(17)27)16-13-31-21-12-20-14(8-9-26(4,5)32-20)23(28)22(21)24(16)29/h7-12,16,27-28H,1,13H2,2-6H3. The Hall–Kier alpha value is -3.41. The Labute approximate surface area is 187 Å². The molecular weight excluding hydrogens is 408 g/mol. The largest absolute Gasteiger partial charge is 0.507 e. The molecular formula is C26H28O6. The second-order valence-corrected chi connectivity index (χ2v) is 9.31. The highest BCUT2D eigenvalue weighted by Crippen LogP contribution is 2.48. The minimum absolute atomic E-state index is 0.0573. The molecule has 0 aliphatic carbocycles. The van der Waals surface area contributed by atoms with Crippen LogP contribution < -0.4 is 14.2 Å². The number of phenols is 2. The van der Waals surface area contributed by atoms with Crippen molar-refractivity contribution in [3.05, 3.63) is 59.2 Å². The zero-order valence-corrected chi connectivity index (χ0v) is 19.0. The molecule has 0 fully saturated rings. The number of Topliss-reactive ketones (excluding diaryl/α,β-unsaturated/α-hetero) is 1. The lowest BCUT2D eigenvalue weighted by Crippen LogP contribution is -2.30. The first-order chi connectivity index (χ1) is 15.0. The fourth-order valence-electron chi connectivity index (χ4n) is 4.15. The molecule has 0 saturated heterocycles. The second-order valence-electron chi connectivity index (χ2n) is 9.31. The second kappa shape index (κ2) is 7.33. The molecule has 168 valence electrons. The van der Waals surface area contributed by atoms with Gasteiger partial charge in [0.1, 0.15) is 46.5 Å². The summed E-state index contributed by atoms with van der Waals surface area (Å²) >= 11 is 0. The minimum Gasteiger partial charge on any atom is -0.507 e. The number of hydrogen-bond donors (Lipinski definition) is 2. The Bertz CT molecular complexity index is 1160. The summed E-state index contributed by atoms with van der Waals surface area (Å²) in [6.07, 6.45) is 5.33. The van der Waals surface area contributed by atoms with Gasteiger partial charge in [-0.05, 0) is 32.1 Å². The van der Waals surface area contributed by atoms with E-state index in [4.69, 9.17) is 14.2 Å². The van der Waals surface area contributed by atoms with E-state index in [0.717, 1.165) is 0 Å². The third-order valence-corrected chi connectivity index (χ3v) is 6.19. The van der Waals surface area contributed by atoms with Gasteiger partial charge in [0.25, 0.3) is 0 Å². The van der Waals surface area contributed by atoms with Gasteiger partial charge < -0.3 is 24.4 Å². The van der Waals surface area contributed by atoms with Crippen molar-refractivity contribution in [3.63, 3.8) is 0 Å². The Kier molecular flexibility index (Phi) is 4.99. The molecule has 2 heterocycles. The zero-order valence-electron chi connectivity index (χ0n) is 19.0. The van der Waals surface area contributed by atoms with E-state index in [1.165, 1.54) is 13.2 Å². The van der Waals surface area contributed by atoms with Crippen molar-refractivity contribution in [2.24, 2.45) is 0 Å². The van der Waals surface area contributed by atoms with Crippen molar-refractivity contribution in [2.75, 3.05) is 13.7 Å². The van der Waals surface area contributed by atoms with Crippen LogP contribution in [0.1, 0.15) is 60.7 Å². The van der Waals surface area contributed by atoms with Gasteiger partial charge in [-0.1, -0.05) is 19.9 Å². The summed E-state index contributed by atoms with van der Waals surface area (Å²) in [5.74, 6) is 0.0295. The van der Waals surface area contributed by atoms with Crippen LogP contribution in [0.25, 0.3) is 6.08 Å². The number of fused-ring (bicyclic) bond motifs is 2. The summed E-state index contributed by atoms with van der Waals surface area (Å²) in [6.45, 7) is 11.6. The normalized spacial score (nSPS) is 18.8. The van der Waals surface area contributed by atoms with E-state index in [2.05, 4.69) is 6.58 Å². The maximum atomic E-state index is 13.6. The molecule has 6 heteroatoms. The van der Waals surface area contributed by atoms with Gasteiger partial charge in [0, 0.05) is 28.7 Å². The first-order valence-corrected chi connectivity index (χ1v) is 10.5. The number of methoxy groups -OCH3 is 1. The van der Waals surface area contributed by atoms with Crippen LogP contribution in [0, 0.1) is 0 Å².